The lowest BCUT2D eigenvalue weighted by Crippen LogP contribution is -2.00. The Bertz CT molecular complexity index is 1880. The number of allylic oxidation sites excluding steroid dienone is 2. The van der Waals surface area contributed by atoms with E-state index in [-0.39, 0.29) is 0 Å². The SMILES string of the molecule is C=Cc1c(C=C)c(/C=C\C)n(-c2cccc(-c3c4ccccc4c(-c4ccccc4)c4ccccc34)c2)c1/C=C\C. The van der Waals surface area contributed by atoms with Crippen molar-refractivity contribution in [1.82, 2.24) is 4.57 Å². The van der Waals surface area contributed by atoms with Gasteiger partial charge in [-0.15, -0.1) is 0 Å². The van der Waals surface area contributed by atoms with E-state index in [0.717, 1.165) is 28.2 Å². The first-order valence-electron chi connectivity index (χ1n) is 14.1. The van der Waals surface area contributed by atoms with E-state index in [0.29, 0.717) is 0 Å². The molecule has 0 unspecified atom stereocenters. The van der Waals surface area contributed by atoms with Crippen molar-refractivity contribution in [3.63, 3.8) is 0 Å². The molecule has 0 saturated heterocycles. The van der Waals surface area contributed by atoms with Crippen LogP contribution in [0.1, 0.15) is 36.4 Å². The highest BCUT2D eigenvalue weighted by Crippen LogP contribution is 2.44. The molecule has 6 rings (SSSR count). The summed E-state index contributed by atoms with van der Waals surface area (Å²) in [5.41, 5.74) is 10.4. The molecular weight excluding hydrogens is 494 g/mol. The minimum Gasteiger partial charge on any atom is -0.309 e. The lowest BCUT2D eigenvalue weighted by molar-refractivity contribution is 1.04. The number of nitrogens with zero attached hydrogens (tertiary/aromatic N) is 1. The van der Waals surface area contributed by atoms with E-state index in [2.05, 4.69) is 159 Å². The first kappa shape index (κ1) is 26.1. The molecule has 0 amide bonds. The molecule has 0 aliphatic carbocycles. The average Bonchev–Trinajstić information content (AvgIpc) is 3.32. The third kappa shape index (κ3) is 4.37. The summed E-state index contributed by atoms with van der Waals surface area (Å²) in [6.07, 6.45) is 12.3. The van der Waals surface area contributed by atoms with E-state index in [1.54, 1.807) is 0 Å². The maximum atomic E-state index is 4.14. The predicted octanol–water partition coefficient (Wildman–Crippen LogP) is 11.5. The van der Waals surface area contributed by atoms with Crippen LogP contribution in [-0.2, 0) is 0 Å². The van der Waals surface area contributed by atoms with E-state index in [1.165, 1.54) is 43.8 Å². The molecule has 1 nitrogen and oxygen atoms in total. The van der Waals surface area contributed by atoms with Crippen molar-refractivity contribution < 1.29 is 0 Å². The van der Waals surface area contributed by atoms with Gasteiger partial charge < -0.3 is 4.57 Å². The molecule has 0 radical (unpaired) electrons. The molecule has 0 spiro atoms. The molecule has 0 bridgehead atoms. The minimum absolute atomic E-state index is 1.08. The van der Waals surface area contributed by atoms with Gasteiger partial charge in [-0.3, -0.25) is 0 Å². The highest BCUT2D eigenvalue weighted by atomic mass is 15.0. The first-order chi connectivity index (χ1) is 20.2. The smallest absolute Gasteiger partial charge is 0.0537 e. The summed E-state index contributed by atoms with van der Waals surface area (Å²) in [7, 11) is 0. The summed E-state index contributed by atoms with van der Waals surface area (Å²) >= 11 is 0. The number of fused-ring (bicyclic) bond motifs is 2. The maximum Gasteiger partial charge on any atom is 0.0537 e. The minimum atomic E-state index is 1.08. The molecule has 0 aliphatic heterocycles. The van der Waals surface area contributed by atoms with Gasteiger partial charge in [0.1, 0.15) is 0 Å². The maximum absolute atomic E-state index is 4.14. The van der Waals surface area contributed by atoms with E-state index >= 15 is 0 Å². The number of hydrogen-bond donors (Lipinski definition) is 0. The van der Waals surface area contributed by atoms with Gasteiger partial charge in [0.2, 0.25) is 0 Å². The van der Waals surface area contributed by atoms with Crippen molar-refractivity contribution >= 4 is 45.8 Å². The summed E-state index contributed by atoms with van der Waals surface area (Å²) in [6, 6.07) is 37.2. The molecule has 0 saturated carbocycles. The van der Waals surface area contributed by atoms with Gasteiger partial charge in [0, 0.05) is 16.8 Å². The molecule has 1 heterocycles. The van der Waals surface area contributed by atoms with Crippen molar-refractivity contribution in [3.05, 3.63) is 151 Å². The van der Waals surface area contributed by atoms with Crippen LogP contribution in [0.15, 0.2) is 128 Å². The van der Waals surface area contributed by atoms with E-state index in [9.17, 15) is 0 Å². The van der Waals surface area contributed by atoms with Crippen molar-refractivity contribution in [2.24, 2.45) is 0 Å². The normalized spacial score (nSPS) is 11.7. The monoisotopic (exact) mass is 527 g/mol. The van der Waals surface area contributed by atoms with Crippen LogP contribution in [0.4, 0.5) is 0 Å². The second kappa shape index (κ2) is 11.2. The second-order valence-corrected chi connectivity index (χ2v) is 10.1. The topological polar surface area (TPSA) is 4.93 Å². The fourth-order valence-electron chi connectivity index (χ4n) is 6.15. The molecular formula is C40H33N. The molecule has 0 atom stereocenters. The predicted molar refractivity (Wildman–Crippen MR) is 181 cm³/mol. The summed E-state index contributed by atoms with van der Waals surface area (Å²) in [5.74, 6) is 0. The van der Waals surface area contributed by atoms with Gasteiger partial charge in [0.25, 0.3) is 0 Å². The van der Waals surface area contributed by atoms with Crippen LogP contribution in [0.2, 0.25) is 0 Å². The zero-order valence-electron chi connectivity index (χ0n) is 23.6. The van der Waals surface area contributed by atoms with Crippen molar-refractivity contribution in [2.75, 3.05) is 0 Å². The lowest BCUT2D eigenvalue weighted by atomic mass is 9.86. The van der Waals surface area contributed by atoms with Crippen LogP contribution >= 0.6 is 0 Å². The highest BCUT2D eigenvalue weighted by molar-refractivity contribution is 6.21. The molecule has 0 aliphatic rings. The third-order valence-corrected chi connectivity index (χ3v) is 7.77. The molecule has 41 heavy (non-hydrogen) atoms. The summed E-state index contributed by atoms with van der Waals surface area (Å²) in [4.78, 5) is 0. The lowest BCUT2D eigenvalue weighted by Gasteiger charge is -2.19. The summed E-state index contributed by atoms with van der Waals surface area (Å²) in [5, 5.41) is 5.00. The number of benzene rings is 5. The van der Waals surface area contributed by atoms with Crippen LogP contribution in [-0.4, -0.2) is 4.57 Å². The Balaban J connectivity index is 1.70. The van der Waals surface area contributed by atoms with Gasteiger partial charge in [-0.25, -0.2) is 0 Å². The first-order valence-corrected chi connectivity index (χ1v) is 14.1. The van der Waals surface area contributed by atoms with Crippen LogP contribution in [0, 0.1) is 0 Å². The number of aromatic nitrogens is 1. The van der Waals surface area contributed by atoms with E-state index < -0.39 is 0 Å². The van der Waals surface area contributed by atoms with Crippen LogP contribution < -0.4 is 0 Å². The zero-order chi connectivity index (χ0) is 28.3. The second-order valence-electron chi connectivity index (χ2n) is 10.1. The van der Waals surface area contributed by atoms with Gasteiger partial charge in [-0.05, 0) is 81.9 Å². The van der Waals surface area contributed by atoms with Crippen molar-refractivity contribution in [1.29, 1.82) is 0 Å². The summed E-state index contributed by atoms with van der Waals surface area (Å²) < 4.78 is 2.32. The number of hydrogen-bond acceptors (Lipinski definition) is 0. The van der Waals surface area contributed by atoms with Crippen LogP contribution in [0.3, 0.4) is 0 Å². The quantitative estimate of drug-likeness (QED) is 0.182. The molecule has 0 fully saturated rings. The standard InChI is InChI=1S/C40H33N/c1-5-17-37-31(7-3)32(8-4)38(18-6-2)41(37)30-22-16-21-29(27-30)40-35-25-14-12-23-33(35)39(28-19-10-9-11-20-28)34-24-13-15-26-36(34)40/h5-27H,3-4H2,1-2H3/b17-5-,18-6-. The Labute approximate surface area is 242 Å². The third-order valence-electron chi connectivity index (χ3n) is 7.77. The zero-order valence-corrected chi connectivity index (χ0v) is 23.6. The van der Waals surface area contributed by atoms with Gasteiger partial charge in [-0.1, -0.05) is 128 Å². The molecule has 0 N–H and O–H groups in total. The number of rotatable bonds is 7. The van der Waals surface area contributed by atoms with E-state index in [1.807, 2.05) is 12.2 Å². The van der Waals surface area contributed by atoms with Gasteiger partial charge in [0.05, 0.1) is 11.4 Å². The Kier molecular flexibility index (Phi) is 7.10. The molecule has 198 valence electrons. The largest absolute Gasteiger partial charge is 0.309 e. The molecule has 1 aromatic heterocycles. The van der Waals surface area contributed by atoms with Crippen LogP contribution in [0.25, 0.3) is 73.8 Å². The van der Waals surface area contributed by atoms with Crippen molar-refractivity contribution in [2.45, 2.75) is 13.8 Å². The Morgan fingerprint density at radius 1 is 0.512 bits per heavy atom. The molecule has 6 aromatic rings. The molecule has 1 heteroatoms. The molecule has 5 aromatic carbocycles. The highest BCUT2D eigenvalue weighted by Gasteiger charge is 2.20. The Hall–Kier alpha value is -5.14. The van der Waals surface area contributed by atoms with Gasteiger partial charge >= 0.3 is 0 Å². The van der Waals surface area contributed by atoms with Crippen molar-refractivity contribution in [3.8, 4) is 27.9 Å². The van der Waals surface area contributed by atoms with Gasteiger partial charge in [0.15, 0.2) is 0 Å². The Morgan fingerprint density at radius 2 is 0.951 bits per heavy atom. The fraction of sp³-hybridized carbons (Fsp3) is 0.0500. The van der Waals surface area contributed by atoms with E-state index in [4.69, 9.17) is 0 Å². The average molecular weight is 528 g/mol. The Morgan fingerprint density at radius 3 is 1.41 bits per heavy atom. The summed E-state index contributed by atoms with van der Waals surface area (Å²) in [6.45, 7) is 12.4. The van der Waals surface area contributed by atoms with Crippen LogP contribution in [0.5, 0.6) is 0 Å². The van der Waals surface area contributed by atoms with Gasteiger partial charge in [-0.2, -0.15) is 0 Å². The fourth-order valence-corrected chi connectivity index (χ4v) is 6.15.